The number of oxazole rings is 1. The van der Waals surface area contributed by atoms with E-state index in [0.717, 1.165) is 6.26 Å². The van der Waals surface area contributed by atoms with E-state index in [4.69, 9.17) is 14.9 Å². The monoisotopic (exact) mass is 547 g/mol. The molecule has 4 aromatic rings. The minimum absolute atomic E-state index is 0.0341. The van der Waals surface area contributed by atoms with Crippen molar-refractivity contribution < 1.29 is 33.1 Å². The van der Waals surface area contributed by atoms with Crippen molar-refractivity contribution in [2.75, 3.05) is 17.7 Å². The molecule has 206 valence electrons. The molecule has 3 aromatic heterocycles. The van der Waals surface area contributed by atoms with Crippen molar-refractivity contribution in [3.05, 3.63) is 72.0 Å². The average Bonchev–Trinajstić information content (AvgIpc) is 3.55. The zero-order chi connectivity index (χ0) is 29.0. The van der Waals surface area contributed by atoms with Gasteiger partial charge in [0, 0.05) is 11.8 Å². The fourth-order valence-corrected chi connectivity index (χ4v) is 3.38. The number of anilines is 2. The first-order chi connectivity index (χ1) is 18.9. The Morgan fingerprint density at radius 1 is 1.05 bits per heavy atom. The number of hydrogen-bond donors (Lipinski definition) is 3. The minimum atomic E-state index is -0.872. The summed E-state index contributed by atoms with van der Waals surface area (Å²) in [7, 11) is 1.27. The quantitative estimate of drug-likeness (QED) is 0.289. The van der Waals surface area contributed by atoms with E-state index >= 15 is 0 Å². The number of nitrogens with one attached hydrogen (secondary N) is 2. The van der Waals surface area contributed by atoms with Crippen molar-refractivity contribution in [1.29, 1.82) is 0 Å². The second kappa shape index (κ2) is 11.1. The highest BCUT2D eigenvalue weighted by Crippen LogP contribution is 2.23. The Morgan fingerprint density at radius 2 is 1.77 bits per heavy atom. The van der Waals surface area contributed by atoms with Gasteiger partial charge >= 0.3 is 12.1 Å². The summed E-state index contributed by atoms with van der Waals surface area (Å²) in [4.78, 5) is 56.9. The van der Waals surface area contributed by atoms with Gasteiger partial charge in [0.25, 0.3) is 11.8 Å². The summed E-state index contributed by atoms with van der Waals surface area (Å²) in [5, 5.41) is 9.22. The number of ether oxygens (including phenoxy) is 2. The predicted molar refractivity (Wildman–Crippen MR) is 141 cm³/mol. The van der Waals surface area contributed by atoms with E-state index in [1.165, 1.54) is 42.4 Å². The molecule has 0 atom stereocenters. The van der Waals surface area contributed by atoms with Crippen LogP contribution in [-0.4, -0.2) is 56.3 Å². The van der Waals surface area contributed by atoms with E-state index in [1.807, 2.05) is 0 Å². The van der Waals surface area contributed by atoms with Crippen molar-refractivity contribution in [3.63, 3.8) is 0 Å². The second-order valence-corrected chi connectivity index (χ2v) is 9.29. The van der Waals surface area contributed by atoms with Crippen LogP contribution in [0.1, 0.15) is 52.1 Å². The zero-order valence-corrected chi connectivity index (χ0v) is 21.9. The van der Waals surface area contributed by atoms with E-state index < -0.39 is 29.5 Å². The van der Waals surface area contributed by atoms with Crippen molar-refractivity contribution in [2.45, 2.75) is 26.4 Å². The number of carbonyl (C=O) groups excluding carboxylic acids is 4. The van der Waals surface area contributed by atoms with Gasteiger partial charge in [-0.05, 0) is 57.2 Å². The van der Waals surface area contributed by atoms with Crippen molar-refractivity contribution in [1.82, 2.24) is 19.7 Å². The molecule has 1 aromatic carbocycles. The van der Waals surface area contributed by atoms with Gasteiger partial charge < -0.3 is 24.9 Å². The number of aromatic nitrogens is 4. The molecule has 4 rings (SSSR count). The number of esters is 1. The van der Waals surface area contributed by atoms with E-state index in [2.05, 4.69) is 30.4 Å². The van der Waals surface area contributed by atoms with E-state index in [9.17, 15) is 19.2 Å². The van der Waals surface area contributed by atoms with Crippen LogP contribution in [0.4, 0.5) is 16.3 Å². The first kappa shape index (κ1) is 27.5. The van der Waals surface area contributed by atoms with Crippen LogP contribution in [-0.2, 0) is 9.47 Å². The Hall–Kier alpha value is -5.53. The van der Waals surface area contributed by atoms with Crippen LogP contribution in [0.2, 0.25) is 0 Å². The molecular weight excluding hydrogens is 522 g/mol. The fourth-order valence-electron chi connectivity index (χ4n) is 3.38. The number of hydrogen-bond acceptors (Lipinski definition) is 10. The van der Waals surface area contributed by atoms with Gasteiger partial charge in [-0.25, -0.2) is 24.2 Å². The van der Waals surface area contributed by atoms with Crippen LogP contribution < -0.4 is 16.4 Å². The molecule has 0 unspecified atom stereocenters. The first-order valence-corrected chi connectivity index (χ1v) is 11.7. The predicted octanol–water partition coefficient (Wildman–Crippen LogP) is 3.41. The molecule has 0 bridgehead atoms. The zero-order valence-electron chi connectivity index (χ0n) is 21.9. The highest BCUT2D eigenvalue weighted by molar-refractivity contribution is 6.07. The molecule has 0 aliphatic carbocycles. The fraction of sp³-hybridized carbons (Fsp3) is 0.192. The third-order valence-electron chi connectivity index (χ3n) is 5.12. The standard InChI is InChI=1S/C26H25N7O7/c1-26(2,3)40-25(37)31-19-11-15(9-10-28-19)23-30-18(13-39-23)22(35)29-17-12-33(32-20(17)21(27)34)16-7-5-14(6-8-16)24(36)38-4/h5-13H,1-4H3,(H2,27,34)(H,29,35)(H,28,31,37). The summed E-state index contributed by atoms with van der Waals surface area (Å²) in [6.07, 6.45) is 3.27. The van der Waals surface area contributed by atoms with Gasteiger partial charge in [-0.15, -0.1) is 0 Å². The summed E-state index contributed by atoms with van der Waals surface area (Å²) in [5.74, 6) is -1.81. The first-order valence-electron chi connectivity index (χ1n) is 11.7. The Kier molecular flexibility index (Phi) is 7.61. The van der Waals surface area contributed by atoms with Crippen LogP contribution in [0.25, 0.3) is 17.1 Å². The van der Waals surface area contributed by atoms with Crippen molar-refractivity contribution in [2.24, 2.45) is 5.73 Å². The van der Waals surface area contributed by atoms with Gasteiger partial charge in [-0.2, -0.15) is 5.10 Å². The highest BCUT2D eigenvalue weighted by Gasteiger charge is 2.21. The maximum absolute atomic E-state index is 12.9. The van der Waals surface area contributed by atoms with Crippen molar-refractivity contribution >= 4 is 35.4 Å². The van der Waals surface area contributed by atoms with Crippen LogP contribution in [0.15, 0.2) is 59.5 Å². The topological polar surface area (TPSA) is 194 Å². The molecule has 3 amide bonds. The average molecular weight is 548 g/mol. The molecule has 40 heavy (non-hydrogen) atoms. The number of nitrogens with two attached hydrogens (primary N) is 1. The minimum Gasteiger partial charge on any atom is -0.465 e. The van der Waals surface area contributed by atoms with Gasteiger partial charge in [0.1, 0.15) is 17.7 Å². The Balaban J connectivity index is 1.51. The Bertz CT molecular complexity index is 1580. The van der Waals surface area contributed by atoms with Crippen LogP contribution in [0, 0.1) is 0 Å². The van der Waals surface area contributed by atoms with Gasteiger partial charge in [-0.3, -0.25) is 14.9 Å². The normalized spacial score (nSPS) is 11.0. The Morgan fingerprint density at radius 3 is 2.42 bits per heavy atom. The molecular formula is C26H25N7O7. The third kappa shape index (κ3) is 6.48. The number of methoxy groups -OCH3 is 1. The second-order valence-electron chi connectivity index (χ2n) is 9.29. The molecule has 3 heterocycles. The molecule has 0 radical (unpaired) electrons. The molecule has 0 spiro atoms. The van der Waals surface area contributed by atoms with Crippen molar-refractivity contribution in [3.8, 4) is 17.1 Å². The van der Waals surface area contributed by atoms with Gasteiger partial charge in [0.05, 0.1) is 30.2 Å². The number of amides is 3. The highest BCUT2D eigenvalue weighted by atomic mass is 16.6. The lowest BCUT2D eigenvalue weighted by Gasteiger charge is -2.19. The van der Waals surface area contributed by atoms with Crippen LogP contribution in [0.5, 0.6) is 0 Å². The molecule has 0 saturated heterocycles. The maximum Gasteiger partial charge on any atom is 0.413 e. The molecule has 14 nitrogen and oxygen atoms in total. The lowest BCUT2D eigenvalue weighted by atomic mass is 10.2. The summed E-state index contributed by atoms with van der Waals surface area (Å²) in [5.41, 5.74) is 5.76. The molecule has 0 aliphatic heterocycles. The molecule has 14 heteroatoms. The largest absolute Gasteiger partial charge is 0.465 e. The summed E-state index contributed by atoms with van der Waals surface area (Å²) in [6, 6.07) is 9.29. The number of pyridine rings is 1. The van der Waals surface area contributed by atoms with Gasteiger partial charge in [0.2, 0.25) is 5.89 Å². The molecule has 4 N–H and O–H groups in total. The van der Waals surface area contributed by atoms with Gasteiger partial charge in [0.15, 0.2) is 11.4 Å². The SMILES string of the molecule is COC(=O)c1ccc(-n2cc(NC(=O)c3coc(-c4ccnc(NC(=O)OC(C)(C)C)c4)n3)c(C(N)=O)n2)cc1. The van der Waals surface area contributed by atoms with Crippen LogP contribution >= 0.6 is 0 Å². The number of benzene rings is 1. The Labute approximate surface area is 227 Å². The summed E-state index contributed by atoms with van der Waals surface area (Å²) < 4.78 is 16.7. The number of primary amides is 1. The number of nitrogens with zero attached hydrogens (tertiary/aromatic N) is 4. The number of carbonyl (C=O) groups is 4. The third-order valence-corrected chi connectivity index (χ3v) is 5.12. The van der Waals surface area contributed by atoms with E-state index in [-0.39, 0.29) is 28.8 Å². The summed E-state index contributed by atoms with van der Waals surface area (Å²) in [6.45, 7) is 5.20. The summed E-state index contributed by atoms with van der Waals surface area (Å²) >= 11 is 0. The number of rotatable bonds is 7. The van der Waals surface area contributed by atoms with Crippen LogP contribution in [0.3, 0.4) is 0 Å². The van der Waals surface area contributed by atoms with Gasteiger partial charge in [-0.1, -0.05) is 0 Å². The lowest BCUT2D eigenvalue weighted by Crippen LogP contribution is -2.27. The maximum atomic E-state index is 12.9. The smallest absolute Gasteiger partial charge is 0.413 e. The molecule has 0 aliphatic rings. The van der Waals surface area contributed by atoms with E-state index in [0.29, 0.717) is 16.8 Å². The lowest BCUT2D eigenvalue weighted by molar-refractivity contribution is 0.0598. The molecule has 0 saturated carbocycles. The molecule has 0 fully saturated rings. The van der Waals surface area contributed by atoms with E-state index in [1.54, 1.807) is 39.0 Å².